The number of carbonyl (C=O) groups is 1. The molecule has 9 heteroatoms. The molecule has 1 saturated heterocycles. The van der Waals surface area contributed by atoms with Crippen molar-refractivity contribution in [1.29, 1.82) is 0 Å². The second kappa shape index (κ2) is 7.59. The summed E-state index contributed by atoms with van der Waals surface area (Å²) in [6.07, 6.45) is 1.39. The Balaban J connectivity index is 1.92. The summed E-state index contributed by atoms with van der Waals surface area (Å²) in [5.74, 6) is -0.366. The summed E-state index contributed by atoms with van der Waals surface area (Å²) in [5.41, 5.74) is 2.44. The Morgan fingerprint density at radius 2 is 1.82 bits per heavy atom. The third kappa shape index (κ3) is 3.99. The van der Waals surface area contributed by atoms with Crippen LogP contribution in [-0.4, -0.2) is 31.5 Å². The van der Waals surface area contributed by atoms with Crippen LogP contribution in [0.1, 0.15) is 34.3 Å². The molecule has 0 bridgehead atoms. The molecular weight excluding hydrogens is 382 g/mol. The summed E-state index contributed by atoms with van der Waals surface area (Å²) in [7, 11) is -3.40. The van der Waals surface area contributed by atoms with Crippen molar-refractivity contribution in [2.75, 3.05) is 21.9 Å². The fourth-order valence-electron chi connectivity index (χ4n) is 3.13. The van der Waals surface area contributed by atoms with Gasteiger partial charge in [-0.3, -0.25) is 19.2 Å². The normalized spacial score (nSPS) is 15.9. The molecule has 1 heterocycles. The third-order valence-corrected chi connectivity index (χ3v) is 6.62. The fraction of sp³-hybridized carbons (Fsp3) is 0.316. The number of aryl methyl sites for hydroxylation is 2. The lowest BCUT2D eigenvalue weighted by Crippen LogP contribution is -2.38. The van der Waals surface area contributed by atoms with Crippen LogP contribution in [0.5, 0.6) is 0 Å². The molecule has 8 nitrogen and oxygen atoms in total. The molecule has 1 N–H and O–H groups in total. The molecule has 0 unspecified atom stereocenters. The Morgan fingerprint density at radius 3 is 2.50 bits per heavy atom. The number of nitro groups is 1. The Hall–Kier alpha value is -2.94. The Bertz CT molecular complexity index is 1050. The van der Waals surface area contributed by atoms with Gasteiger partial charge < -0.3 is 5.32 Å². The van der Waals surface area contributed by atoms with Gasteiger partial charge in [-0.05, 0) is 49.9 Å². The first kappa shape index (κ1) is 19.8. The molecule has 28 heavy (non-hydrogen) atoms. The van der Waals surface area contributed by atoms with E-state index in [0.29, 0.717) is 29.9 Å². The van der Waals surface area contributed by atoms with Crippen LogP contribution in [0.4, 0.5) is 17.1 Å². The van der Waals surface area contributed by atoms with Gasteiger partial charge in [-0.25, -0.2) is 8.42 Å². The van der Waals surface area contributed by atoms with Gasteiger partial charge in [0.05, 0.1) is 22.1 Å². The Labute approximate surface area is 163 Å². The quantitative estimate of drug-likeness (QED) is 0.621. The average Bonchev–Trinajstić information content (AvgIpc) is 2.63. The molecule has 3 rings (SSSR count). The van der Waals surface area contributed by atoms with Crippen LogP contribution in [-0.2, 0) is 10.0 Å². The van der Waals surface area contributed by atoms with E-state index in [-0.39, 0.29) is 17.0 Å². The highest BCUT2D eigenvalue weighted by molar-refractivity contribution is 7.92. The molecule has 0 aromatic heterocycles. The number of nitro benzene ring substituents is 1. The second-order valence-corrected chi connectivity index (χ2v) is 8.82. The van der Waals surface area contributed by atoms with Crippen molar-refractivity contribution in [2.45, 2.75) is 26.7 Å². The number of carbonyl (C=O) groups excluding carboxylic acids is 1. The highest BCUT2D eigenvalue weighted by Gasteiger charge is 2.27. The highest BCUT2D eigenvalue weighted by Crippen LogP contribution is 2.29. The minimum absolute atomic E-state index is 0.0930. The predicted molar refractivity (Wildman–Crippen MR) is 107 cm³/mol. The number of non-ortho nitro benzene ring substituents is 1. The van der Waals surface area contributed by atoms with Gasteiger partial charge in [-0.2, -0.15) is 0 Å². The van der Waals surface area contributed by atoms with Gasteiger partial charge in [0, 0.05) is 24.2 Å². The first-order valence-corrected chi connectivity index (χ1v) is 10.5. The minimum Gasteiger partial charge on any atom is -0.321 e. The van der Waals surface area contributed by atoms with Gasteiger partial charge in [-0.1, -0.05) is 12.1 Å². The molecule has 1 aliphatic heterocycles. The molecule has 0 atom stereocenters. The number of benzene rings is 2. The van der Waals surface area contributed by atoms with Crippen molar-refractivity contribution < 1.29 is 18.1 Å². The van der Waals surface area contributed by atoms with Crippen LogP contribution < -0.4 is 9.62 Å². The van der Waals surface area contributed by atoms with Gasteiger partial charge >= 0.3 is 0 Å². The zero-order valence-corrected chi connectivity index (χ0v) is 16.5. The molecule has 2 aromatic carbocycles. The van der Waals surface area contributed by atoms with Crippen molar-refractivity contribution >= 4 is 33.0 Å². The zero-order chi connectivity index (χ0) is 20.5. The average molecular weight is 403 g/mol. The minimum atomic E-state index is -3.40. The number of amides is 1. The standard InChI is InChI=1S/C19H21N3O5S/c1-13-6-8-16(22(24)25)12-17(13)20-19(23)15-7-5-14(2)18(11-15)21-9-3-4-10-28(21,26)27/h5-8,11-12H,3-4,9-10H2,1-2H3,(H,20,23). The molecule has 1 amide bonds. The summed E-state index contributed by atoms with van der Waals surface area (Å²) >= 11 is 0. The Morgan fingerprint density at radius 1 is 1.11 bits per heavy atom. The highest BCUT2D eigenvalue weighted by atomic mass is 32.2. The number of nitrogens with one attached hydrogen (secondary N) is 1. The van der Waals surface area contributed by atoms with Gasteiger partial charge in [0.25, 0.3) is 11.6 Å². The molecule has 148 valence electrons. The molecule has 1 aliphatic rings. The zero-order valence-electron chi connectivity index (χ0n) is 15.6. The second-order valence-electron chi connectivity index (χ2n) is 6.81. The largest absolute Gasteiger partial charge is 0.321 e. The topological polar surface area (TPSA) is 110 Å². The van der Waals surface area contributed by atoms with E-state index >= 15 is 0 Å². The van der Waals surface area contributed by atoms with E-state index in [1.165, 1.54) is 16.4 Å². The van der Waals surface area contributed by atoms with E-state index in [1.54, 1.807) is 38.1 Å². The molecule has 0 radical (unpaired) electrons. The van der Waals surface area contributed by atoms with E-state index in [4.69, 9.17) is 0 Å². The van der Waals surface area contributed by atoms with Gasteiger partial charge in [-0.15, -0.1) is 0 Å². The van der Waals surface area contributed by atoms with Crippen LogP contribution in [0.3, 0.4) is 0 Å². The van der Waals surface area contributed by atoms with Crippen molar-refractivity contribution in [1.82, 2.24) is 0 Å². The maximum atomic E-state index is 12.7. The summed E-state index contributed by atoms with van der Waals surface area (Å²) < 4.78 is 26.2. The van der Waals surface area contributed by atoms with Crippen LogP contribution in [0.25, 0.3) is 0 Å². The van der Waals surface area contributed by atoms with Gasteiger partial charge in [0.1, 0.15) is 0 Å². The van der Waals surface area contributed by atoms with Crippen LogP contribution in [0.15, 0.2) is 36.4 Å². The molecule has 1 fully saturated rings. The predicted octanol–water partition coefficient (Wildman–Crippen LogP) is 3.39. The first-order chi connectivity index (χ1) is 13.2. The number of hydrogen-bond donors (Lipinski definition) is 1. The Kier molecular flexibility index (Phi) is 5.37. The molecular formula is C19H21N3O5S. The summed E-state index contributed by atoms with van der Waals surface area (Å²) in [6.45, 7) is 3.92. The van der Waals surface area contributed by atoms with E-state index in [0.717, 1.165) is 12.0 Å². The number of rotatable bonds is 4. The monoisotopic (exact) mass is 403 g/mol. The van der Waals surface area contributed by atoms with Crippen LogP contribution in [0, 0.1) is 24.0 Å². The molecule has 0 saturated carbocycles. The molecule has 0 aliphatic carbocycles. The lowest BCUT2D eigenvalue weighted by atomic mass is 10.1. The van der Waals surface area contributed by atoms with Crippen LogP contribution >= 0.6 is 0 Å². The van der Waals surface area contributed by atoms with Crippen molar-refractivity contribution in [3.05, 3.63) is 63.2 Å². The number of nitrogens with zero attached hydrogens (tertiary/aromatic N) is 2. The smallest absolute Gasteiger partial charge is 0.271 e. The summed E-state index contributed by atoms with van der Waals surface area (Å²) in [5, 5.41) is 13.6. The van der Waals surface area contributed by atoms with Gasteiger partial charge in [0.2, 0.25) is 10.0 Å². The van der Waals surface area contributed by atoms with Crippen molar-refractivity contribution in [3.8, 4) is 0 Å². The third-order valence-electron chi connectivity index (χ3n) is 4.77. The SMILES string of the molecule is Cc1ccc([N+](=O)[O-])cc1NC(=O)c1ccc(C)c(N2CCCCS2(=O)=O)c1. The van der Waals surface area contributed by atoms with E-state index in [9.17, 15) is 23.3 Å². The van der Waals surface area contributed by atoms with Crippen molar-refractivity contribution in [2.24, 2.45) is 0 Å². The lowest BCUT2D eigenvalue weighted by molar-refractivity contribution is -0.384. The molecule has 0 spiro atoms. The number of anilines is 2. The molecule has 2 aromatic rings. The maximum absolute atomic E-state index is 12.7. The number of sulfonamides is 1. The van der Waals surface area contributed by atoms with Crippen LogP contribution in [0.2, 0.25) is 0 Å². The van der Waals surface area contributed by atoms with E-state index in [1.807, 2.05) is 0 Å². The summed E-state index contributed by atoms with van der Waals surface area (Å²) in [4.78, 5) is 23.1. The first-order valence-electron chi connectivity index (χ1n) is 8.86. The van der Waals surface area contributed by atoms with Crippen molar-refractivity contribution in [3.63, 3.8) is 0 Å². The van der Waals surface area contributed by atoms with E-state index < -0.39 is 20.9 Å². The number of hydrogen-bond acceptors (Lipinski definition) is 5. The van der Waals surface area contributed by atoms with Gasteiger partial charge in [0.15, 0.2) is 0 Å². The fourth-order valence-corrected chi connectivity index (χ4v) is 4.82. The maximum Gasteiger partial charge on any atom is 0.271 e. The lowest BCUT2D eigenvalue weighted by Gasteiger charge is -2.29. The van der Waals surface area contributed by atoms with E-state index in [2.05, 4.69) is 5.32 Å². The summed E-state index contributed by atoms with van der Waals surface area (Å²) in [6, 6.07) is 9.11.